The van der Waals surface area contributed by atoms with E-state index in [9.17, 15) is 14.0 Å². The summed E-state index contributed by atoms with van der Waals surface area (Å²) in [6, 6.07) is 13.4. The van der Waals surface area contributed by atoms with Crippen molar-refractivity contribution in [3.63, 3.8) is 0 Å². The van der Waals surface area contributed by atoms with Crippen LogP contribution < -0.4 is 10.9 Å². The van der Waals surface area contributed by atoms with Crippen molar-refractivity contribution in [1.29, 1.82) is 0 Å². The van der Waals surface area contributed by atoms with Crippen molar-refractivity contribution in [2.45, 2.75) is 39.3 Å². The predicted octanol–water partition coefficient (Wildman–Crippen LogP) is 4.49. The topological polar surface area (TPSA) is 68.4 Å². The molecule has 2 amide bonds. The second kappa shape index (κ2) is 9.53. The molecule has 1 aliphatic rings. The quantitative estimate of drug-likeness (QED) is 0.598. The van der Waals surface area contributed by atoms with Gasteiger partial charge in [0.05, 0.1) is 6.54 Å². The number of hydrogen-bond acceptors (Lipinski definition) is 3. The van der Waals surface area contributed by atoms with Crippen molar-refractivity contribution >= 4 is 22.6 Å². The van der Waals surface area contributed by atoms with E-state index >= 15 is 0 Å². The van der Waals surface area contributed by atoms with Crippen LogP contribution in [-0.4, -0.2) is 46.5 Å². The average molecular weight is 437 g/mol. The normalized spacial score (nSPS) is 16.4. The Bertz CT molecular complexity index is 1160. The Morgan fingerprint density at radius 1 is 1.22 bits per heavy atom. The number of fused-ring (bicyclic) bond motifs is 1. The predicted molar refractivity (Wildman–Crippen MR) is 125 cm³/mol. The lowest BCUT2D eigenvalue weighted by Gasteiger charge is -2.30. The highest BCUT2D eigenvalue weighted by atomic mass is 19.1. The monoisotopic (exact) mass is 436 g/mol. The summed E-state index contributed by atoms with van der Waals surface area (Å²) in [6.45, 7) is 6.79. The first-order chi connectivity index (χ1) is 15.4. The summed E-state index contributed by atoms with van der Waals surface area (Å²) in [4.78, 5) is 33.0. The van der Waals surface area contributed by atoms with Gasteiger partial charge in [-0.05, 0) is 80.7 Å². The number of aromatic nitrogens is 1. The Morgan fingerprint density at radius 2 is 2.00 bits per heavy atom. The van der Waals surface area contributed by atoms with Gasteiger partial charge in [-0.1, -0.05) is 18.6 Å². The molecule has 1 atom stereocenters. The molecule has 1 saturated heterocycles. The Kier molecular flexibility index (Phi) is 6.55. The van der Waals surface area contributed by atoms with Crippen molar-refractivity contribution in [3.8, 4) is 0 Å². The number of carbonyl (C=O) groups is 1. The second-order valence-corrected chi connectivity index (χ2v) is 8.46. The summed E-state index contributed by atoms with van der Waals surface area (Å²) in [5, 5.41) is 3.79. The SMILES string of the molecule is CCN1CCC[C@@H]1CN(Cc1cc2cc(C)ccc2[nH]c1=O)C(=O)Nc1ccc(F)cc1. The van der Waals surface area contributed by atoms with E-state index in [2.05, 4.69) is 22.1 Å². The minimum absolute atomic E-state index is 0.195. The van der Waals surface area contributed by atoms with Crippen molar-refractivity contribution in [2.75, 3.05) is 25.0 Å². The number of halogens is 1. The van der Waals surface area contributed by atoms with Crippen molar-refractivity contribution < 1.29 is 9.18 Å². The molecule has 0 unspecified atom stereocenters. The first kappa shape index (κ1) is 22.0. The number of benzene rings is 2. The van der Waals surface area contributed by atoms with E-state index < -0.39 is 0 Å². The number of carbonyl (C=O) groups excluding carboxylic acids is 1. The van der Waals surface area contributed by atoms with Crippen LogP contribution in [0, 0.1) is 12.7 Å². The maximum absolute atomic E-state index is 13.3. The van der Waals surface area contributed by atoms with Gasteiger partial charge < -0.3 is 15.2 Å². The number of H-pyrrole nitrogens is 1. The fraction of sp³-hybridized carbons (Fsp3) is 0.360. The zero-order chi connectivity index (χ0) is 22.7. The lowest BCUT2D eigenvalue weighted by Crippen LogP contribution is -2.45. The summed E-state index contributed by atoms with van der Waals surface area (Å²) < 4.78 is 13.3. The number of hydrogen-bond donors (Lipinski definition) is 2. The number of aromatic amines is 1. The average Bonchev–Trinajstić information content (AvgIpc) is 3.22. The number of likely N-dealkylation sites (N-methyl/N-ethyl adjacent to an activating group) is 1. The largest absolute Gasteiger partial charge is 0.322 e. The summed E-state index contributed by atoms with van der Waals surface area (Å²) in [6.07, 6.45) is 2.11. The van der Waals surface area contributed by atoms with Gasteiger partial charge in [0.25, 0.3) is 5.56 Å². The molecule has 0 saturated carbocycles. The number of likely N-dealkylation sites (tertiary alicyclic amines) is 1. The van der Waals surface area contributed by atoms with Crippen LogP contribution in [0.5, 0.6) is 0 Å². The molecule has 1 fully saturated rings. The van der Waals surface area contributed by atoms with Crippen LogP contribution in [0.25, 0.3) is 10.9 Å². The summed E-state index contributed by atoms with van der Waals surface area (Å²) in [5.74, 6) is -0.359. The van der Waals surface area contributed by atoms with Crippen LogP contribution in [-0.2, 0) is 6.54 Å². The molecule has 4 rings (SSSR count). The number of nitrogens with one attached hydrogen (secondary N) is 2. The maximum atomic E-state index is 13.3. The lowest BCUT2D eigenvalue weighted by molar-refractivity contribution is 0.174. The molecule has 0 radical (unpaired) electrons. The third kappa shape index (κ3) is 4.99. The highest BCUT2D eigenvalue weighted by molar-refractivity contribution is 5.89. The molecule has 1 aromatic heterocycles. The first-order valence-electron chi connectivity index (χ1n) is 11.1. The van der Waals surface area contributed by atoms with E-state index in [1.807, 2.05) is 31.2 Å². The number of aryl methyl sites for hydroxylation is 1. The van der Waals surface area contributed by atoms with Crippen LogP contribution in [0.3, 0.4) is 0 Å². The van der Waals surface area contributed by atoms with Gasteiger partial charge in [-0.15, -0.1) is 0 Å². The minimum Gasteiger partial charge on any atom is -0.322 e. The number of rotatable bonds is 6. The molecular formula is C25H29FN4O2. The van der Waals surface area contributed by atoms with Crippen LogP contribution in [0.1, 0.15) is 30.9 Å². The van der Waals surface area contributed by atoms with Gasteiger partial charge in [0, 0.05) is 29.4 Å². The maximum Gasteiger partial charge on any atom is 0.322 e. The van der Waals surface area contributed by atoms with Crippen LogP contribution in [0.2, 0.25) is 0 Å². The molecule has 0 spiro atoms. The van der Waals surface area contributed by atoms with Crippen LogP contribution >= 0.6 is 0 Å². The molecule has 1 aliphatic heterocycles. The number of urea groups is 1. The third-order valence-electron chi connectivity index (χ3n) is 6.16. The highest BCUT2D eigenvalue weighted by Crippen LogP contribution is 2.20. The highest BCUT2D eigenvalue weighted by Gasteiger charge is 2.28. The number of anilines is 1. The van der Waals surface area contributed by atoms with E-state index in [1.54, 1.807) is 4.90 Å². The third-order valence-corrected chi connectivity index (χ3v) is 6.16. The molecule has 2 aromatic carbocycles. The Balaban J connectivity index is 1.61. The van der Waals surface area contributed by atoms with E-state index in [0.29, 0.717) is 17.8 Å². The van der Waals surface area contributed by atoms with Gasteiger partial charge in [0.15, 0.2) is 0 Å². The summed E-state index contributed by atoms with van der Waals surface area (Å²) in [5.41, 5.74) is 2.74. The number of amides is 2. The Labute approximate surface area is 187 Å². The fourth-order valence-corrected chi connectivity index (χ4v) is 4.42. The standard InChI is InChI=1S/C25H29FN4O2/c1-3-29-12-4-5-22(29)16-30(25(32)27-21-9-7-20(26)8-10-21)15-19-14-18-13-17(2)6-11-23(18)28-24(19)31/h6-11,13-14,22H,3-5,12,15-16H2,1-2H3,(H,27,32)(H,28,31)/t22-/m1/s1. The summed E-state index contributed by atoms with van der Waals surface area (Å²) in [7, 11) is 0. The second-order valence-electron chi connectivity index (χ2n) is 8.46. The zero-order valence-corrected chi connectivity index (χ0v) is 18.5. The Morgan fingerprint density at radius 3 is 2.75 bits per heavy atom. The fourth-order valence-electron chi connectivity index (χ4n) is 4.42. The van der Waals surface area contributed by atoms with E-state index in [-0.39, 0.29) is 30.0 Å². The molecule has 2 N–H and O–H groups in total. The van der Waals surface area contributed by atoms with Crippen molar-refractivity contribution in [2.24, 2.45) is 0 Å². The minimum atomic E-state index is -0.359. The van der Waals surface area contributed by atoms with Gasteiger partial charge in [-0.3, -0.25) is 9.69 Å². The number of nitrogens with zero attached hydrogens (tertiary/aromatic N) is 2. The van der Waals surface area contributed by atoms with E-state index in [1.165, 1.54) is 24.3 Å². The van der Waals surface area contributed by atoms with Gasteiger partial charge in [-0.2, -0.15) is 0 Å². The first-order valence-corrected chi connectivity index (χ1v) is 11.1. The van der Waals surface area contributed by atoms with Crippen molar-refractivity contribution in [3.05, 3.63) is 75.8 Å². The van der Waals surface area contributed by atoms with Crippen molar-refractivity contribution in [1.82, 2.24) is 14.8 Å². The Hall–Kier alpha value is -3.19. The molecule has 2 heterocycles. The molecule has 6 nitrogen and oxygen atoms in total. The molecule has 3 aromatic rings. The zero-order valence-electron chi connectivity index (χ0n) is 18.5. The lowest BCUT2D eigenvalue weighted by atomic mass is 10.1. The molecule has 32 heavy (non-hydrogen) atoms. The van der Waals surface area contributed by atoms with Crippen LogP contribution in [0.15, 0.2) is 53.3 Å². The molecule has 0 bridgehead atoms. The summed E-state index contributed by atoms with van der Waals surface area (Å²) >= 11 is 0. The van der Waals surface area contributed by atoms with Gasteiger partial charge in [0.2, 0.25) is 0 Å². The van der Waals surface area contributed by atoms with E-state index in [4.69, 9.17) is 0 Å². The smallest absolute Gasteiger partial charge is 0.322 e. The molecule has 168 valence electrons. The molecule has 7 heteroatoms. The molecular weight excluding hydrogens is 407 g/mol. The van der Waals surface area contributed by atoms with Gasteiger partial charge in [0.1, 0.15) is 5.82 Å². The number of pyridine rings is 1. The van der Waals surface area contributed by atoms with Gasteiger partial charge >= 0.3 is 6.03 Å². The molecule has 0 aliphatic carbocycles. The van der Waals surface area contributed by atoms with Gasteiger partial charge in [-0.25, -0.2) is 9.18 Å². The van der Waals surface area contributed by atoms with E-state index in [0.717, 1.165) is 42.4 Å². The van der Waals surface area contributed by atoms with Crippen LogP contribution in [0.4, 0.5) is 14.9 Å².